The average Bonchev–Trinajstić information content (AvgIpc) is 3.04. The number of hydrogen-bond acceptors (Lipinski definition) is 5. The van der Waals surface area contributed by atoms with Gasteiger partial charge in [0.15, 0.2) is 11.6 Å². The molecule has 0 unspecified atom stereocenters. The quantitative estimate of drug-likeness (QED) is 0.374. The van der Waals surface area contributed by atoms with Crippen LogP contribution >= 0.6 is 35.4 Å². The summed E-state index contributed by atoms with van der Waals surface area (Å²) in [5, 5.41) is 12.1. The van der Waals surface area contributed by atoms with E-state index in [-0.39, 0.29) is 6.61 Å². The van der Waals surface area contributed by atoms with E-state index < -0.39 is 0 Å². The Labute approximate surface area is 177 Å². The lowest BCUT2D eigenvalue weighted by molar-refractivity contribution is 0.290. The molecule has 0 radical (unpaired) electrons. The molecule has 1 aromatic heterocycles. The smallest absolute Gasteiger partial charge is 0.216 e. The topological polar surface area (TPSA) is 64.4 Å². The first-order chi connectivity index (χ1) is 13.6. The van der Waals surface area contributed by atoms with Gasteiger partial charge in [0, 0.05) is 0 Å². The third kappa shape index (κ3) is 5.13. The van der Waals surface area contributed by atoms with Crippen molar-refractivity contribution in [3.63, 3.8) is 0 Å². The Morgan fingerprint density at radius 2 is 1.89 bits per heavy atom. The van der Waals surface area contributed by atoms with Crippen molar-refractivity contribution in [1.29, 1.82) is 0 Å². The SMILES string of the molecule is CCCOc1c(Cl)cc(/C=N\n2c(COc3ccccc3)n[nH]c2=S)cc1Cl. The van der Waals surface area contributed by atoms with Crippen LogP contribution in [0.15, 0.2) is 47.6 Å². The van der Waals surface area contributed by atoms with Gasteiger partial charge in [0.2, 0.25) is 4.77 Å². The molecule has 9 heteroatoms. The molecule has 0 bridgehead atoms. The van der Waals surface area contributed by atoms with Gasteiger partial charge in [0.1, 0.15) is 12.4 Å². The van der Waals surface area contributed by atoms with Crippen molar-refractivity contribution < 1.29 is 9.47 Å². The zero-order valence-electron chi connectivity index (χ0n) is 15.1. The lowest BCUT2D eigenvalue weighted by Gasteiger charge is -2.09. The molecular weight excluding hydrogens is 419 g/mol. The summed E-state index contributed by atoms with van der Waals surface area (Å²) in [6, 6.07) is 12.9. The largest absolute Gasteiger partial charge is 0.490 e. The second-order valence-corrected chi connectivity index (χ2v) is 6.97. The molecule has 6 nitrogen and oxygen atoms in total. The molecule has 0 aliphatic carbocycles. The Kier molecular flexibility index (Phi) is 7.08. The average molecular weight is 437 g/mol. The number of nitrogens with one attached hydrogen (secondary N) is 1. The Morgan fingerprint density at radius 3 is 2.57 bits per heavy atom. The first kappa shape index (κ1) is 20.4. The van der Waals surface area contributed by atoms with Crippen LogP contribution in [0.25, 0.3) is 0 Å². The minimum absolute atomic E-state index is 0.208. The van der Waals surface area contributed by atoms with Crippen LogP contribution < -0.4 is 9.47 Å². The summed E-state index contributed by atoms with van der Waals surface area (Å²) >= 11 is 17.8. The third-order valence-electron chi connectivity index (χ3n) is 3.62. The van der Waals surface area contributed by atoms with Crippen LogP contribution in [0.3, 0.4) is 0 Å². The van der Waals surface area contributed by atoms with Gasteiger partial charge in [-0.3, -0.25) is 0 Å². The molecule has 0 saturated carbocycles. The normalized spacial score (nSPS) is 11.1. The molecule has 3 aromatic rings. The summed E-state index contributed by atoms with van der Waals surface area (Å²) in [7, 11) is 0. The number of aromatic nitrogens is 3. The van der Waals surface area contributed by atoms with Gasteiger partial charge >= 0.3 is 0 Å². The fourth-order valence-electron chi connectivity index (χ4n) is 2.32. The van der Waals surface area contributed by atoms with Crippen molar-refractivity contribution >= 4 is 41.6 Å². The highest BCUT2D eigenvalue weighted by atomic mass is 35.5. The van der Waals surface area contributed by atoms with Gasteiger partial charge in [0.05, 0.1) is 22.9 Å². The predicted octanol–water partition coefficient (Wildman–Crippen LogP) is 5.50. The van der Waals surface area contributed by atoms with Crippen LogP contribution in [0.5, 0.6) is 11.5 Å². The maximum Gasteiger partial charge on any atom is 0.216 e. The van der Waals surface area contributed by atoms with Gasteiger partial charge in [-0.2, -0.15) is 14.9 Å². The first-order valence-corrected chi connectivity index (χ1v) is 9.75. The second-order valence-electron chi connectivity index (χ2n) is 5.77. The summed E-state index contributed by atoms with van der Waals surface area (Å²) in [4.78, 5) is 0. The van der Waals surface area contributed by atoms with E-state index in [9.17, 15) is 0 Å². The van der Waals surface area contributed by atoms with E-state index in [4.69, 9.17) is 44.9 Å². The molecule has 0 atom stereocenters. The monoisotopic (exact) mass is 436 g/mol. The van der Waals surface area contributed by atoms with Crippen LogP contribution in [-0.4, -0.2) is 27.7 Å². The van der Waals surface area contributed by atoms with Crippen LogP contribution in [0.4, 0.5) is 0 Å². The van der Waals surface area contributed by atoms with Gasteiger partial charge in [-0.05, 0) is 48.5 Å². The summed E-state index contributed by atoms with van der Waals surface area (Å²) in [6.45, 7) is 2.76. The van der Waals surface area contributed by atoms with Crippen molar-refractivity contribution in [1.82, 2.24) is 14.9 Å². The molecule has 0 fully saturated rings. The lowest BCUT2D eigenvalue weighted by Crippen LogP contribution is -2.04. The molecule has 0 aliphatic rings. The van der Waals surface area contributed by atoms with Gasteiger partial charge in [-0.1, -0.05) is 48.3 Å². The standard InChI is InChI=1S/C19H18Cl2N4O2S/c1-2-8-26-18-15(20)9-13(10-16(18)21)11-22-25-17(23-24-19(25)28)12-27-14-6-4-3-5-7-14/h3-7,9-11H,2,8,12H2,1H3,(H,24,28)/b22-11-. The fourth-order valence-corrected chi connectivity index (χ4v) is 3.13. The van der Waals surface area contributed by atoms with E-state index in [1.165, 1.54) is 4.68 Å². The summed E-state index contributed by atoms with van der Waals surface area (Å²) in [5.41, 5.74) is 0.705. The molecule has 146 valence electrons. The molecular formula is C19H18Cl2N4O2S. The van der Waals surface area contributed by atoms with Crippen molar-refractivity contribution in [2.75, 3.05) is 6.61 Å². The van der Waals surface area contributed by atoms with Crippen molar-refractivity contribution in [3.8, 4) is 11.5 Å². The van der Waals surface area contributed by atoms with Crippen LogP contribution in [0.1, 0.15) is 24.7 Å². The minimum atomic E-state index is 0.208. The van der Waals surface area contributed by atoms with E-state index >= 15 is 0 Å². The Bertz CT molecular complexity index is 995. The van der Waals surface area contributed by atoms with E-state index in [1.807, 2.05) is 37.3 Å². The Balaban J connectivity index is 1.77. The van der Waals surface area contributed by atoms with Crippen LogP contribution in [0, 0.1) is 4.77 Å². The number of para-hydroxylation sites is 1. The van der Waals surface area contributed by atoms with E-state index in [0.717, 1.165) is 12.2 Å². The summed E-state index contributed by atoms with van der Waals surface area (Å²) < 4.78 is 13.1. The molecule has 3 rings (SSSR count). The van der Waals surface area contributed by atoms with Gasteiger partial charge in [0.25, 0.3) is 0 Å². The number of benzene rings is 2. The number of hydrogen-bond donors (Lipinski definition) is 1. The van der Waals surface area contributed by atoms with Gasteiger partial charge in [-0.15, -0.1) is 0 Å². The fraction of sp³-hybridized carbons (Fsp3) is 0.211. The molecule has 0 amide bonds. The van der Waals surface area contributed by atoms with Gasteiger partial charge < -0.3 is 9.47 Å². The van der Waals surface area contributed by atoms with Gasteiger partial charge in [-0.25, -0.2) is 5.10 Å². The first-order valence-electron chi connectivity index (χ1n) is 8.59. The summed E-state index contributed by atoms with van der Waals surface area (Å²) in [6.07, 6.45) is 2.46. The van der Waals surface area contributed by atoms with Crippen LogP contribution in [-0.2, 0) is 6.61 Å². The number of aromatic amines is 1. The second kappa shape index (κ2) is 9.73. The molecule has 1 heterocycles. The van der Waals surface area contributed by atoms with Crippen molar-refractivity contribution in [2.24, 2.45) is 5.10 Å². The van der Waals surface area contributed by atoms with Crippen molar-refractivity contribution in [2.45, 2.75) is 20.0 Å². The lowest BCUT2D eigenvalue weighted by atomic mass is 10.2. The number of H-pyrrole nitrogens is 1. The highest BCUT2D eigenvalue weighted by molar-refractivity contribution is 7.71. The number of nitrogens with zero attached hydrogens (tertiary/aromatic N) is 3. The van der Waals surface area contributed by atoms with E-state index in [0.29, 0.717) is 38.6 Å². The predicted molar refractivity (Wildman–Crippen MR) is 113 cm³/mol. The Hall–Kier alpha value is -2.35. The highest BCUT2D eigenvalue weighted by Crippen LogP contribution is 2.34. The Morgan fingerprint density at radius 1 is 1.18 bits per heavy atom. The molecule has 2 aromatic carbocycles. The molecule has 0 aliphatic heterocycles. The number of halogens is 2. The third-order valence-corrected chi connectivity index (χ3v) is 4.45. The van der Waals surface area contributed by atoms with Crippen LogP contribution in [0.2, 0.25) is 10.0 Å². The minimum Gasteiger partial charge on any atom is -0.490 e. The zero-order valence-corrected chi connectivity index (χ0v) is 17.4. The van der Waals surface area contributed by atoms with E-state index in [1.54, 1.807) is 18.3 Å². The maximum atomic E-state index is 6.27. The number of rotatable bonds is 8. The molecule has 1 N–H and O–H groups in total. The zero-order chi connectivity index (χ0) is 19.9. The molecule has 28 heavy (non-hydrogen) atoms. The molecule has 0 saturated heterocycles. The molecule has 0 spiro atoms. The summed E-state index contributed by atoms with van der Waals surface area (Å²) in [5.74, 6) is 1.73. The number of ether oxygens (including phenoxy) is 2. The van der Waals surface area contributed by atoms with E-state index in [2.05, 4.69) is 15.3 Å². The van der Waals surface area contributed by atoms with Crippen molar-refractivity contribution in [3.05, 3.63) is 68.7 Å². The maximum absolute atomic E-state index is 6.27. The highest BCUT2D eigenvalue weighted by Gasteiger charge is 2.10.